The van der Waals surface area contributed by atoms with Gasteiger partial charge in [0.15, 0.2) is 0 Å². The van der Waals surface area contributed by atoms with Gasteiger partial charge in [-0.25, -0.2) is 9.78 Å². The van der Waals surface area contributed by atoms with Crippen LogP contribution >= 0.6 is 0 Å². The topological polar surface area (TPSA) is 70.6 Å². The second kappa shape index (κ2) is 6.48. The number of nitrogens with one attached hydrogen (secondary N) is 1. The molecule has 4 rings (SSSR count). The minimum atomic E-state index is -0.254. The van der Waals surface area contributed by atoms with Gasteiger partial charge in [0.2, 0.25) is 0 Å². The van der Waals surface area contributed by atoms with Crippen molar-refractivity contribution in [2.75, 3.05) is 30.4 Å². The summed E-state index contributed by atoms with van der Waals surface area (Å²) in [6.07, 6.45) is 3.25. The molecule has 1 amide bonds. The zero-order valence-electron chi connectivity index (χ0n) is 15.3. The van der Waals surface area contributed by atoms with Gasteiger partial charge in [-0.05, 0) is 37.1 Å². The Labute approximate surface area is 153 Å². The maximum atomic E-state index is 12.6. The Morgan fingerprint density at radius 3 is 2.73 bits per heavy atom. The van der Waals surface area contributed by atoms with Crippen LogP contribution < -0.4 is 10.2 Å². The van der Waals surface area contributed by atoms with E-state index in [1.807, 2.05) is 32.3 Å². The van der Waals surface area contributed by atoms with Crippen LogP contribution in [0.15, 0.2) is 24.5 Å². The van der Waals surface area contributed by atoms with Gasteiger partial charge in [-0.3, -0.25) is 9.88 Å². The second-order valence-corrected chi connectivity index (χ2v) is 6.86. The number of carbonyl (C=O) groups is 1. The molecule has 26 heavy (non-hydrogen) atoms. The maximum absolute atomic E-state index is 12.6. The summed E-state index contributed by atoms with van der Waals surface area (Å²) in [5, 5.41) is 3.14. The smallest absolute Gasteiger partial charge is 0.410 e. The van der Waals surface area contributed by atoms with Gasteiger partial charge in [0.1, 0.15) is 11.9 Å². The van der Waals surface area contributed by atoms with Crippen molar-refractivity contribution in [2.24, 2.45) is 0 Å². The summed E-state index contributed by atoms with van der Waals surface area (Å²) in [5.41, 5.74) is 5.49. The van der Waals surface area contributed by atoms with Crippen molar-refractivity contribution in [3.05, 3.63) is 46.9 Å². The van der Waals surface area contributed by atoms with E-state index in [1.165, 1.54) is 5.56 Å². The van der Waals surface area contributed by atoms with Crippen molar-refractivity contribution < 1.29 is 9.53 Å². The van der Waals surface area contributed by atoms with E-state index in [-0.39, 0.29) is 12.2 Å². The van der Waals surface area contributed by atoms with E-state index < -0.39 is 0 Å². The number of rotatable bonds is 3. The number of fused-ring (bicyclic) bond motifs is 1. The number of pyridine rings is 2. The zero-order chi connectivity index (χ0) is 18.3. The van der Waals surface area contributed by atoms with E-state index in [2.05, 4.69) is 27.1 Å². The minimum Gasteiger partial charge on any atom is -0.442 e. The fourth-order valence-electron chi connectivity index (χ4n) is 3.55. The lowest BCUT2D eigenvalue weighted by molar-refractivity contribution is 0.0492. The molecular formula is C19H23N5O2. The van der Waals surface area contributed by atoms with Crippen molar-refractivity contribution in [3.8, 4) is 0 Å². The summed E-state index contributed by atoms with van der Waals surface area (Å²) in [7, 11) is 1.86. The number of amides is 1. The number of aryl methyl sites for hydroxylation is 1. The molecule has 2 aromatic heterocycles. The minimum absolute atomic E-state index is 0.0730. The molecule has 2 aliphatic heterocycles. The van der Waals surface area contributed by atoms with Gasteiger partial charge in [0.25, 0.3) is 0 Å². The average Bonchev–Trinajstić information content (AvgIpc) is 3.07. The molecule has 0 aliphatic carbocycles. The third-order valence-corrected chi connectivity index (χ3v) is 5.24. The summed E-state index contributed by atoms with van der Waals surface area (Å²) in [5.74, 6) is 0.852. The lowest BCUT2D eigenvalue weighted by Gasteiger charge is -2.40. The van der Waals surface area contributed by atoms with E-state index >= 15 is 0 Å². The van der Waals surface area contributed by atoms with E-state index in [0.29, 0.717) is 26.2 Å². The highest BCUT2D eigenvalue weighted by Gasteiger charge is 2.34. The normalized spacial score (nSPS) is 16.3. The molecule has 7 nitrogen and oxygen atoms in total. The lowest BCUT2D eigenvalue weighted by Crippen LogP contribution is -2.54. The van der Waals surface area contributed by atoms with Gasteiger partial charge in [0.05, 0.1) is 38.1 Å². The van der Waals surface area contributed by atoms with Crippen LogP contribution in [0.1, 0.15) is 22.4 Å². The molecule has 0 radical (unpaired) electrons. The molecule has 0 spiro atoms. The zero-order valence-corrected chi connectivity index (χ0v) is 15.3. The van der Waals surface area contributed by atoms with E-state index in [4.69, 9.17) is 4.74 Å². The number of ether oxygens (including phenoxy) is 1. The van der Waals surface area contributed by atoms with Crippen molar-refractivity contribution in [2.45, 2.75) is 33.0 Å². The molecule has 1 N–H and O–H groups in total. The molecule has 0 atom stereocenters. The Kier molecular flexibility index (Phi) is 4.14. The Morgan fingerprint density at radius 2 is 2.04 bits per heavy atom. The predicted molar refractivity (Wildman–Crippen MR) is 99.2 cm³/mol. The fraction of sp³-hybridized carbons (Fsp3) is 0.421. The number of hydrogen-bond acceptors (Lipinski definition) is 6. The molecule has 1 fully saturated rings. The second-order valence-electron chi connectivity index (χ2n) is 6.86. The van der Waals surface area contributed by atoms with Crippen LogP contribution in [0, 0.1) is 13.8 Å². The van der Waals surface area contributed by atoms with Crippen LogP contribution in [0.25, 0.3) is 0 Å². The third kappa shape index (κ3) is 2.83. The van der Waals surface area contributed by atoms with Crippen molar-refractivity contribution >= 4 is 17.6 Å². The first-order valence-electron chi connectivity index (χ1n) is 8.84. The Morgan fingerprint density at radius 1 is 1.27 bits per heavy atom. The highest BCUT2D eigenvalue weighted by Crippen LogP contribution is 2.32. The molecule has 4 heterocycles. The van der Waals surface area contributed by atoms with Gasteiger partial charge in [-0.2, -0.15) is 0 Å². The van der Waals surface area contributed by atoms with E-state index in [0.717, 1.165) is 28.3 Å². The highest BCUT2D eigenvalue weighted by molar-refractivity contribution is 5.71. The number of hydrogen-bond donors (Lipinski definition) is 1. The van der Waals surface area contributed by atoms with Crippen LogP contribution in [0.2, 0.25) is 0 Å². The first-order valence-corrected chi connectivity index (χ1v) is 8.84. The fourth-order valence-corrected chi connectivity index (χ4v) is 3.55. The van der Waals surface area contributed by atoms with E-state index in [9.17, 15) is 4.79 Å². The SMILES string of the molecule is CNc1nc(C)c(C)c2c1CN(C(=O)OC1CN(c3cccnc3)C1)C2. The Hall–Kier alpha value is -2.83. The summed E-state index contributed by atoms with van der Waals surface area (Å²) < 4.78 is 5.68. The summed E-state index contributed by atoms with van der Waals surface area (Å²) in [6.45, 7) is 6.60. The number of anilines is 2. The van der Waals surface area contributed by atoms with Gasteiger partial charge in [-0.15, -0.1) is 0 Å². The van der Waals surface area contributed by atoms with Crippen LogP contribution in [0.4, 0.5) is 16.3 Å². The molecule has 0 unspecified atom stereocenters. The molecule has 0 aromatic carbocycles. The number of nitrogens with zero attached hydrogens (tertiary/aromatic N) is 4. The molecular weight excluding hydrogens is 330 g/mol. The van der Waals surface area contributed by atoms with E-state index in [1.54, 1.807) is 11.1 Å². The van der Waals surface area contributed by atoms with Crippen molar-refractivity contribution in [1.82, 2.24) is 14.9 Å². The molecule has 0 saturated carbocycles. The van der Waals surface area contributed by atoms with Crippen LogP contribution in [-0.2, 0) is 17.8 Å². The molecule has 136 valence electrons. The molecule has 0 bridgehead atoms. The predicted octanol–water partition coefficient (Wildman–Crippen LogP) is 2.48. The first-order chi connectivity index (χ1) is 12.6. The monoisotopic (exact) mass is 353 g/mol. The Bertz CT molecular complexity index is 834. The standard InChI is InChI=1S/C19H23N5O2/c1-12-13(2)22-18(20-3)17-11-24(10-16(12)17)19(25)26-15-8-23(9-15)14-5-4-6-21-7-14/h4-7,15H,8-11H2,1-3H3,(H,20,22). The number of aromatic nitrogens is 2. The summed E-state index contributed by atoms with van der Waals surface area (Å²) in [6, 6.07) is 3.92. The molecule has 1 saturated heterocycles. The summed E-state index contributed by atoms with van der Waals surface area (Å²) in [4.78, 5) is 25.2. The van der Waals surface area contributed by atoms with Crippen molar-refractivity contribution in [1.29, 1.82) is 0 Å². The van der Waals surface area contributed by atoms with Crippen LogP contribution in [0.3, 0.4) is 0 Å². The molecule has 2 aromatic rings. The van der Waals surface area contributed by atoms with Gasteiger partial charge >= 0.3 is 6.09 Å². The van der Waals surface area contributed by atoms with Crippen LogP contribution in [0.5, 0.6) is 0 Å². The first kappa shape index (κ1) is 16.6. The van der Waals surface area contributed by atoms with Crippen LogP contribution in [-0.4, -0.2) is 47.2 Å². The third-order valence-electron chi connectivity index (χ3n) is 5.24. The van der Waals surface area contributed by atoms with Gasteiger partial charge in [0, 0.05) is 24.5 Å². The molecule has 7 heteroatoms. The van der Waals surface area contributed by atoms with Gasteiger partial charge in [-0.1, -0.05) is 0 Å². The quantitative estimate of drug-likeness (QED) is 0.914. The molecule has 2 aliphatic rings. The average molecular weight is 353 g/mol. The van der Waals surface area contributed by atoms with Gasteiger partial charge < -0.3 is 15.0 Å². The highest BCUT2D eigenvalue weighted by atomic mass is 16.6. The lowest BCUT2D eigenvalue weighted by atomic mass is 10.0. The Balaban J connectivity index is 1.38. The summed E-state index contributed by atoms with van der Waals surface area (Å²) >= 11 is 0. The van der Waals surface area contributed by atoms with Crippen molar-refractivity contribution in [3.63, 3.8) is 0 Å². The largest absolute Gasteiger partial charge is 0.442 e. The number of carbonyl (C=O) groups excluding carboxylic acids is 1. The maximum Gasteiger partial charge on any atom is 0.410 e.